The van der Waals surface area contributed by atoms with Crippen molar-refractivity contribution < 1.29 is 4.74 Å². The van der Waals surface area contributed by atoms with Gasteiger partial charge in [0.15, 0.2) is 5.82 Å². The molecule has 41 heavy (non-hydrogen) atoms. The van der Waals surface area contributed by atoms with Crippen LogP contribution in [0.1, 0.15) is 65.9 Å². The minimum atomic E-state index is -0.204. The first-order valence-electron chi connectivity index (χ1n) is 14.2. The lowest BCUT2D eigenvalue weighted by Crippen LogP contribution is -2.21. The number of para-hydroxylation sites is 1. The molecule has 5 rings (SSSR count). The van der Waals surface area contributed by atoms with Crippen LogP contribution >= 0.6 is 0 Å². The third-order valence-electron chi connectivity index (χ3n) is 7.52. The maximum Gasteiger partial charge on any atom is 0.282 e. The molecule has 2 heterocycles. The van der Waals surface area contributed by atoms with Crippen LogP contribution in [0.2, 0.25) is 0 Å². The standard InChI is InChI=1S/C35H38N4O2/c1-9-41-33-17-24(6)31(19-30(33)21(2)3)34-37-32-13-11-10-12-29(32)35(40)39(34)36-20-27-18-25(7)38(26(27)8)28-15-22(4)14-23(5)16-28/h10-21H,9H2,1-8H3. The van der Waals surface area contributed by atoms with Crippen LogP contribution in [0, 0.1) is 34.6 Å². The second kappa shape index (κ2) is 11.2. The fourth-order valence-electron chi connectivity index (χ4n) is 5.59. The van der Waals surface area contributed by atoms with Gasteiger partial charge in [0.2, 0.25) is 0 Å². The van der Waals surface area contributed by atoms with Gasteiger partial charge in [-0.05, 0) is 112 Å². The van der Waals surface area contributed by atoms with Crippen LogP contribution in [-0.2, 0) is 0 Å². The molecule has 0 saturated heterocycles. The molecule has 0 bridgehead atoms. The minimum Gasteiger partial charge on any atom is -0.494 e. The van der Waals surface area contributed by atoms with E-state index in [-0.39, 0.29) is 11.5 Å². The Labute approximate surface area is 242 Å². The molecule has 6 heteroatoms. The lowest BCUT2D eigenvalue weighted by Gasteiger charge is -2.18. The molecule has 0 aliphatic heterocycles. The second-order valence-electron chi connectivity index (χ2n) is 11.1. The topological polar surface area (TPSA) is 61.4 Å². The average Bonchev–Trinajstić information content (AvgIpc) is 3.20. The van der Waals surface area contributed by atoms with Gasteiger partial charge < -0.3 is 9.30 Å². The quantitative estimate of drug-likeness (QED) is 0.196. The van der Waals surface area contributed by atoms with E-state index in [0.29, 0.717) is 23.3 Å². The fourth-order valence-corrected chi connectivity index (χ4v) is 5.59. The molecule has 0 fully saturated rings. The molecule has 0 amide bonds. The first-order chi connectivity index (χ1) is 19.6. The fraction of sp³-hybridized carbons (Fsp3) is 0.286. The average molecular weight is 547 g/mol. The van der Waals surface area contributed by atoms with Gasteiger partial charge in [0.1, 0.15) is 5.75 Å². The van der Waals surface area contributed by atoms with E-state index in [9.17, 15) is 4.79 Å². The summed E-state index contributed by atoms with van der Waals surface area (Å²) >= 11 is 0. The van der Waals surface area contributed by atoms with Crippen molar-refractivity contribution in [2.24, 2.45) is 5.10 Å². The third-order valence-corrected chi connectivity index (χ3v) is 7.52. The molecule has 0 unspecified atom stereocenters. The van der Waals surface area contributed by atoms with Gasteiger partial charge in [-0.2, -0.15) is 9.78 Å². The molecule has 0 aliphatic rings. The van der Waals surface area contributed by atoms with E-state index in [1.54, 1.807) is 12.3 Å². The molecular formula is C35H38N4O2. The second-order valence-corrected chi connectivity index (χ2v) is 11.1. The summed E-state index contributed by atoms with van der Waals surface area (Å²) in [6.07, 6.45) is 1.77. The van der Waals surface area contributed by atoms with E-state index >= 15 is 0 Å². The molecule has 5 aromatic rings. The van der Waals surface area contributed by atoms with E-state index in [1.165, 1.54) is 15.8 Å². The molecular weight excluding hydrogens is 508 g/mol. The number of hydrogen-bond acceptors (Lipinski definition) is 4. The Balaban J connectivity index is 1.70. The lowest BCUT2D eigenvalue weighted by atomic mass is 9.96. The van der Waals surface area contributed by atoms with Crippen LogP contribution in [0.4, 0.5) is 0 Å². The largest absolute Gasteiger partial charge is 0.494 e. The van der Waals surface area contributed by atoms with Crippen molar-refractivity contribution in [2.75, 3.05) is 6.61 Å². The normalized spacial score (nSPS) is 11.7. The zero-order valence-electron chi connectivity index (χ0n) is 25.2. The minimum absolute atomic E-state index is 0.204. The Bertz CT molecular complexity index is 1840. The van der Waals surface area contributed by atoms with Gasteiger partial charge in [0.05, 0.1) is 23.7 Å². The molecule has 0 N–H and O–H groups in total. The first kappa shape index (κ1) is 28.1. The van der Waals surface area contributed by atoms with E-state index < -0.39 is 0 Å². The molecule has 3 aromatic carbocycles. The number of fused-ring (bicyclic) bond motifs is 1. The van der Waals surface area contributed by atoms with E-state index in [0.717, 1.165) is 45.1 Å². The van der Waals surface area contributed by atoms with Crippen molar-refractivity contribution in [3.05, 3.63) is 110 Å². The number of hydrogen-bond donors (Lipinski definition) is 0. The molecule has 6 nitrogen and oxygen atoms in total. The van der Waals surface area contributed by atoms with E-state index in [1.807, 2.05) is 38.1 Å². The number of rotatable bonds is 7. The van der Waals surface area contributed by atoms with Gasteiger partial charge in [-0.25, -0.2) is 4.98 Å². The van der Waals surface area contributed by atoms with Crippen molar-refractivity contribution in [3.8, 4) is 22.8 Å². The number of aromatic nitrogens is 3. The maximum absolute atomic E-state index is 13.9. The monoisotopic (exact) mass is 546 g/mol. The molecule has 0 saturated carbocycles. The summed E-state index contributed by atoms with van der Waals surface area (Å²) < 4.78 is 9.63. The van der Waals surface area contributed by atoms with Gasteiger partial charge >= 0.3 is 0 Å². The van der Waals surface area contributed by atoms with E-state index in [2.05, 4.69) is 76.4 Å². The predicted octanol–water partition coefficient (Wildman–Crippen LogP) is 7.80. The smallest absolute Gasteiger partial charge is 0.282 e. The molecule has 210 valence electrons. The Morgan fingerprint density at radius 2 is 1.66 bits per heavy atom. The molecule has 0 atom stereocenters. The summed E-state index contributed by atoms with van der Waals surface area (Å²) in [6, 6.07) is 20.2. The summed E-state index contributed by atoms with van der Waals surface area (Å²) in [4.78, 5) is 18.8. The van der Waals surface area contributed by atoms with Gasteiger partial charge in [-0.3, -0.25) is 4.79 Å². The number of ether oxygens (including phenoxy) is 1. The maximum atomic E-state index is 13.9. The predicted molar refractivity (Wildman–Crippen MR) is 169 cm³/mol. The van der Waals surface area contributed by atoms with Crippen molar-refractivity contribution in [3.63, 3.8) is 0 Å². The summed E-state index contributed by atoms with van der Waals surface area (Å²) in [6.45, 7) is 17.3. The molecule has 0 spiro atoms. The number of nitrogens with zero attached hydrogens (tertiary/aromatic N) is 4. The van der Waals surface area contributed by atoms with Crippen LogP contribution in [0.25, 0.3) is 28.0 Å². The van der Waals surface area contributed by atoms with E-state index in [4.69, 9.17) is 14.8 Å². The van der Waals surface area contributed by atoms with Crippen LogP contribution in [0.3, 0.4) is 0 Å². The van der Waals surface area contributed by atoms with Crippen molar-refractivity contribution >= 4 is 17.1 Å². The Morgan fingerprint density at radius 1 is 0.951 bits per heavy atom. The Morgan fingerprint density at radius 3 is 2.34 bits per heavy atom. The zero-order valence-corrected chi connectivity index (χ0v) is 25.2. The third kappa shape index (κ3) is 5.34. The summed E-state index contributed by atoms with van der Waals surface area (Å²) in [7, 11) is 0. The Kier molecular flexibility index (Phi) is 7.68. The Hall–Kier alpha value is -4.45. The van der Waals surface area contributed by atoms with Crippen LogP contribution in [-0.4, -0.2) is 27.0 Å². The summed E-state index contributed by atoms with van der Waals surface area (Å²) in [5.74, 6) is 1.60. The van der Waals surface area contributed by atoms with Crippen molar-refractivity contribution in [1.82, 2.24) is 14.2 Å². The first-order valence-corrected chi connectivity index (χ1v) is 14.2. The summed E-state index contributed by atoms with van der Waals surface area (Å²) in [5, 5.41) is 5.32. The van der Waals surface area contributed by atoms with Crippen LogP contribution < -0.4 is 10.3 Å². The highest BCUT2D eigenvalue weighted by atomic mass is 16.5. The van der Waals surface area contributed by atoms with Gasteiger partial charge in [0.25, 0.3) is 5.56 Å². The van der Waals surface area contributed by atoms with Gasteiger partial charge in [-0.1, -0.05) is 32.0 Å². The lowest BCUT2D eigenvalue weighted by molar-refractivity contribution is 0.335. The highest BCUT2D eigenvalue weighted by Crippen LogP contribution is 2.34. The molecule has 0 aliphatic carbocycles. The SMILES string of the molecule is CCOc1cc(C)c(-c2nc3ccccc3c(=O)n2N=Cc2cc(C)n(-c3cc(C)cc(C)c3)c2C)cc1C(C)C. The highest BCUT2D eigenvalue weighted by molar-refractivity contribution is 5.84. The number of aryl methyl sites for hydroxylation is 4. The number of benzene rings is 3. The summed E-state index contributed by atoms with van der Waals surface area (Å²) in [5.41, 5.74) is 9.99. The van der Waals surface area contributed by atoms with Crippen LogP contribution in [0.5, 0.6) is 5.75 Å². The van der Waals surface area contributed by atoms with Crippen LogP contribution in [0.15, 0.2) is 70.6 Å². The van der Waals surface area contributed by atoms with Gasteiger partial charge in [-0.15, -0.1) is 0 Å². The molecule has 0 radical (unpaired) electrons. The van der Waals surface area contributed by atoms with Crippen molar-refractivity contribution in [1.29, 1.82) is 0 Å². The molecule has 2 aromatic heterocycles. The van der Waals surface area contributed by atoms with Gasteiger partial charge in [0, 0.05) is 28.2 Å². The van der Waals surface area contributed by atoms with Crippen molar-refractivity contribution in [2.45, 2.75) is 61.3 Å². The zero-order chi connectivity index (χ0) is 29.4. The highest BCUT2D eigenvalue weighted by Gasteiger charge is 2.19.